The van der Waals surface area contributed by atoms with Crippen molar-refractivity contribution in [2.75, 3.05) is 26.2 Å². The number of hydrogen-bond acceptors (Lipinski definition) is 1. The van der Waals surface area contributed by atoms with E-state index in [0.717, 1.165) is 0 Å². The van der Waals surface area contributed by atoms with Crippen LogP contribution in [0.3, 0.4) is 0 Å². The molecule has 66 valence electrons. The van der Waals surface area contributed by atoms with Crippen LogP contribution in [0.15, 0.2) is 0 Å². The van der Waals surface area contributed by atoms with Crippen LogP contribution in [0.25, 0.3) is 0 Å². The molecule has 2 aliphatic heterocycles. The van der Waals surface area contributed by atoms with E-state index in [1.54, 1.807) is 0 Å². The Labute approximate surface area is 69.1 Å². The van der Waals surface area contributed by atoms with Gasteiger partial charge in [-0.3, -0.25) is 0 Å². The second-order valence-corrected chi connectivity index (χ2v) is 4.00. The van der Waals surface area contributed by atoms with Crippen LogP contribution in [0.4, 0.5) is 0 Å². The van der Waals surface area contributed by atoms with E-state index < -0.39 is 0 Å². The summed E-state index contributed by atoms with van der Waals surface area (Å²) in [4.78, 5) is 0. The lowest BCUT2D eigenvalue weighted by atomic mass is 10.1. The van der Waals surface area contributed by atoms with Crippen molar-refractivity contribution < 1.29 is 9.96 Å². The Morgan fingerprint density at radius 1 is 0.545 bits per heavy atom. The van der Waals surface area contributed by atoms with Gasteiger partial charge in [-0.15, -0.1) is 0 Å². The Kier molecular flexibility index (Phi) is 2.90. The van der Waals surface area contributed by atoms with Crippen molar-refractivity contribution in [3.05, 3.63) is 0 Å². The molecule has 0 aromatic carbocycles. The monoisotopic (exact) mass is 157 g/mol. The summed E-state index contributed by atoms with van der Waals surface area (Å²) in [5.74, 6) is 0. The standard InChI is InChI=1S/C9H18N.H2O/c1-2-6-10(7-3-1)8-4-5-9-10;/h1-9H2;1H2/q+1;/p-1. The van der Waals surface area contributed by atoms with E-state index >= 15 is 0 Å². The minimum absolute atomic E-state index is 0. The van der Waals surface area contributed by atoms with Crippen molar-refractivity contribution in [1.29, 1.82) is 0 Å². The van der Waals surface area contributed by atoms with Crippen molar-refractivity contribution in [2.24, 2.45) is 0 Å². The van der Waals surface area contributed by atoms with Gasteiger partial charge in [-0.2, -0.15) is 0 Å². The quantitative estimate of drug-likeness (QED) is 0.491. The minimum atomic E-state index is 0. The molecule has 1 spiro atoms. The predicted molar refractivity (Wildman–Crippen MR) is 44.7 cm³/mol. The van der Waals surface area contributed by atoms with Gasteiger partial charge < -0.3 is 9.96 Å². The lowest BCUT2D eigenvalue weighted by molar-refractivity contribution is -0.921. The summed E-state index contributed by atoms with van der Waals surface area (Å²) in [6.07, 6.45) is 7.50. The molecule has 2 heterocycles. The first-order valence-electron chi connectivity index (χ1n) is 4.76. The predicted octanol–water partition coefficient (Wildman–Crippen LogP) is 1.60. The highest BCUT2D eigenvalue weighted by Gasteiger charge is 2.32. The van der Waals surface area contributed by atoms with Crippen LogP contribution < -0.4 is 0 Å². The lowest BCUT2D eigenvalue weighted by Gasteiger charge is -2.37. The molecule has 0 saturated carbocycles. The molecule has 2 rings (SSSR count). The second kappa shape index (κ2) is 3.55. The highest BCUT2D eigenvalue weighted by Crippen LogP contribution is 2.25. The highest BCUT2D eigenvalue weighted by atomic mass is 16.0. The maximum absolute atomic E-state index is 1.50. The molecule has 2 fully saturated rings. The summed E-state index contributed by atoms with van der Waals surface area (Å²) in [6, 6.07) is 0. The molecule has 2 heteroatoms. The normalized spacial score (nSPS) is 28.4. The van der Waals surface area contributed by atoms with Gasteiger partial charge >= 0.3 is 0 Å². The van der Waals surface area contributed by atoms with Gasteiger partial charge in [0.1, 0.15) is 0 Å². The lowest BCUT2D eigenvalue weighted by Crippen LogP contribution is -2.48. The Morgan fingerprint density at radius 3 is 1.36 bits per heavy atom. The molecule has 2 nitrogen and oxygen atoms in total. The fourth-order valence-corrected chi connectivity index (χ4v) is 2.64. The first-order valence-corrected chi connectivity index (χ1v) is 4.76. The van der Waals surface area contributed by atoms with E-state index in [0.29, 0.717) is 0 Å². The molecule has 0 unspecified atom stereocenters. The number of nitrogens with zero attached hydrogens (tertiary/aromatic N) is 1. The van der Waals surface area contributed by atoms with Crippen LogP contribution in [0.2, 0.25) is 0 Å². The first kappa shape index (κ1) is 9.01. The summed E-state index contributed by atoms with van der Waals surface area (Å²) in [7, 11) is 0. The topological polar surface area (TPSA) is 30.0 Å². The zero-order chi connectivity index (χ0) is 6.86. The zero-order valence-electron chi connectivity index (χ0n) is 7.26. The average Bonchev–Trinajstić information content (AvgIpc) is 2.39. The van der Waals surface area contributed by atoms with Gasteiger partial charge in [0.2, 0.25) is 0 Å². The van der Waals surface area contributed by atoms with Crippen molar-refractivity contribution in [3.8, 4) is 0 Å². The Hall–Kier alpha value is -0.0800. The van der Waals surface area contributed by atoms with E-state index in [1.807, 2.05) is 0 Å². The largest absolute Gasteiger partial charge is 0.870 e. The van der Waals surface area contributed by atoms with Gasteiger partial charge in [0.15, 0.2) is 0 Å². The number of quaternary nitrogens is 1. The molecule has 2 aliphatic rings. The third-order valence-electron chi connectivity index (χ3n) is 3.28. The highest BCUT2D eigenvalue weighted by molar-refractivity contribution is 4.59. The van der Waals surface area contributed by atoms with Crippen molar-refractivity contribution >= 4 is 0 Å². The molecule has 0 bridgehead atoms. The third-order valence-corrected chi connectivity index (χ3v) is 3.28. The van der Waals surface area contributed by atoms with E-state index in [9.17, 15) is 0 Å². The third kappa shape index (κ3) is 1.74. The van der Waals surface area contributed by atoms with Gasteiger partial charge in [-0.25, -0.2) is 0 Å². The van der Waals surface area contributed by atoms with Crippen molar-refractivity contribution in [2.45, 2.75) is 32.1 Å². The molecule has 1 N–H and O–H groups in total. The average molecular weight is 157 g/mol. The van der Waals surface area contributed by atoms with Gasteiger partial charge in [0.25, 0.3) is 0 Å². The fourth-order valence-electron chi connectivity index (χ4n) is 2.64. The van der Waals surface area contributed by atoms with E-state index in [4.69, 9.17) is 0 Å². The van der Waals surface area contributed by atoms with Crippen LogP contribution in [0.1, 0.15) is 32.1 Å². The van der Waals surface area contributed by atoms with Crippen LogP contribution in [-0.4, -0.2) is 36.1 Å². The molecular formula is C9H19NO. The first-order chi connectivity index (χ1) is 4.91. The maximum atomic E-state index is 1.50. The molecule has 11 heavy (non-hydrogen) atoms. The molecule has 0 aliphatic carbocycles. The number of rotatable bonds is 0. The SMILES string of the molecule is C1CC[N+]2(CC1)CCCC2.[OH-]. The van der Waals surface area contributed by atoms with Gasteiger partial charge in [0.05, 0.1) is 26.2 Å². The Balaban J connectivity index is 0.000000605. The number of hydrogen-bond donors (Lipinski definition) is 0. The Bertz CT molecular complexity index is 111. The van der Waals surface area contributed by atoms with E-state index in [2.05, 4.69) is 0 Å². The van der Waals surface area contributed by atoms with Crippen LogP contribution in [0.5, 0.6) is 0 Å². The van der Waals surface area contributed by atoms with E-state index in [-0.39, 0.29) is 5.48 Å². The fraction of sp³-hybridized carbons (Fsp3) is 1.00. The molecule has 0 radical (unpaired) electrons. The van der Waals surface area contributed by atoms with Gasteiger partial charge in [-0.05, 0) is 19.3 Å². The summed E-state index contributed by atoms with van der Waals surface area (Å²) >= 11 is 0. The van der Waals surface area contributed by atoms with Crippen molar-refractivity contribution in [1.82, 2.24) is 0 Å². The molecule has 0 amide bonds. The molecule has 0 atom stereocenters. The summed E-state index contributed by atoms with van der Waals surface area (Å²) in [6.45, 7) is 6.00. The molecule has 2 saturated heterocycles. The molecule has 0 aromatic heterocycles. The molecular weight excluding hydrogens is 138 g/mol. The minimum Gasteiger partial charge on any atom is -0.870 e. The van der Waals surface area contributed by atoms with Crippen LogP contribution in [0, 0.1) is 0 Å². The molecule has 0 aromatic rings. The van der Waals surface area contributed by atoms with Crippen LogP contribution in [-0.2, 0) is 0 Å². The van der Waals surface area contributed by atoms with Gasteiger partial charge in [-0.1, -0.05) is 0 Å². The summed E-state index contributed by atoms with van der Waals surface area (Å²) < 4.78 is 1.50. The summed E-state index contributed by atoms with van der Waals surface area (Å²) in [5.41, 5.74) is 0. The van der Waals surface area contributed by atoms with Crippen molar-refractivity contribution in [3.63, 3.8) is 0 Å². The Morgan fingerprint density at radius 2 is 0.909 bits per heavy atom. The maximum Gasteiger partial charge on any atom is 0.0788 e. The zero-order valence-corrected chi connectivity index (χ0v) is 7.26. The second-order valence-electron chi connectivity index (χ2n) is 4.00. The number of piperidine rings is 1. The van der Waals surface area contributed by atoms with E-state index in [1.165, 1.54) is 62.8 Å². The summed E-state index contributed by atoms with van der Waals surface area (Å²) in [5, 5.41) is 0. The van der Waals surface area contributed by atoms with Crippen LogP contribution >= 0.6 is 0 Å². The van der Waals surface area contributed by atoms with Gasteiger partial charge in [0, 0.05) is 12.8 Å². The smallest absolute Gasteiger partial charge is 0.0788 e.